The van der Waals surface area contributed by atoms with Crippen LogP contribution in [0.3, 0.4) is 0 Å². The number of hydrogen-bond acceptors (Lipinski definition) is 1. The summed E-state index contributed by atoms with van der Waals surface area (Å²) in [4.78, 5) is 12.7. The molecule has 3 aromatic rings. The van der Waals surface area contributed by atoms with Gasteiger partial charge in [0.05, 0.1) is 6.04 Å². The highest BCUT2D eigenvalue weighted by molar-refractivity contribution is 5.94. The molecule has 0 aliphatic carbocycles. The van der Waals surface area contributed by atoms with Crippen LogP contribution in [0.4, 0.5) is 0 Å². The lowest BCUT2D eigenvalue weighted by Crippen LogP contribution is -2.29. The third-order valence-corrected chi connectivity index (χ3v) is 4.13. The van der Waals surface area contributed by atoms with Gasteiger partial charge in [-0.3, -0.25) is 4.79 Å². The summed E-state index contributed by atoms with van der Waals surface area (Å²) in [5.41, 5.74) is 5.17. The molecule has 0 bridgehead atoms. The van der Waals surface area contributed by atoms with Gasteiger partial charge in [0.15, 0.2) is 0 Å². The molecule has 0 heterocycles. The van der Waals surface area contributed by atoms with E-state index in [1.54, 1.807) is 0 Å². The molecular formula is C22H21NO. The third-order valence-electron chi connectivity index (χ3n) is 4.13. The van der Waals surface area contributed by atoms with Crippen LogP contribution in [-0.4, -0.2) is 5.91 Å². The van der Waals surface area contributed by atoms with Gasteiger partial charge < -0.3 is 5.32 Å². The van der Waals surface area contributed by atoms with Crippen LogP contribution in [0.2, 0.25) is 0 Å². The van der Waals surface area contributed by atoms with E-state index in [1.807, 2.05) is 61.5 Å². The highest BCUT2D eigenvalue weighted by Crippen LogP contribution is 2.23. The average molecular weight is 315 g/mol. The first-order valence-electron chi connectivity index (χ1n) is 8.12. The van der Waals surface area contributed by atoms with E-state index in [9.17, 15) is 4.79 Å². The second kappa shape index (κ2) is 7.14. The van der Waals surface area contributed by atoms with Gasteiger partial charge in [0.1, 0.15) is 0 Å². The van der Waals surface area contributed by atoms with Crippen molar-refractivity contribution in [1.82, 2.24) is 5.32 Å². The molecule has 1 amide bonds. The Morgan fingerprint density at radius 2 is 1.21 bits per heavy atom. The Balaban J connectivity index is 1.91. The van der Waals surface area contributed by atoms with Gasteiger partial charge in [-0.1, -0.05) is 77.9 Å². The summed E-state index contributed by atoms with van der Waals surface area (Å²) in [5, 5.41) is 3.17. The lowest BCUT2D eigenvalue weighted by molar-refractivity contribution is 0.0943. The van der Waals surface area contributed by atoms with E-state index < -0.39 is 0 Å². The van der Waals surface area contributed by atoms with Crippen molar-refractivity contribution in [3.8, 4) is 0 Å². The summed E-state index contributed by atoms with van der Waals surface area (Å²) in [6.07, 6.45) is 0. The molecule has 1 N–H and O–H groups in total. The summed E-state index contributed by atoms with van der Waals surface area (Å²) in [7, 11) is 0. The summed E-state index contributed by atoms with van der Waals surface area (Å²) in [5.74, 6) is -0.0653. The fraction of sp³-hybridized carbons (Fsp3) is 0.136. The molecule has 120 valence electrons. The summed E-state index contributed by atoms with van der Waals surface area (Å²) in [6, 6.07) is 25.8. The molecule has 0 fully saturated rings. The van der Waals surface area contributed by atoms with E-state index in [0.717, 1.165) is 16.7 Å². The van der Waals surface area contributed by atoms with Crippen molar-refractivity contribution in [2.75, 3.05) is 0 Å². The Kier molecular flexibility index (Phi) is 4.76. The fourth-order valence-corrected chi connectivity index (χ4v) is 2.68. The van der Waals surface area contributed by atoms with Crippen LogP contribution >= 0.6 is 0 Å². The molecule has 0 aliphatic rings. The van der Waals surface area contributed by atoms with E-state index in [4.69, 9.17) is 0 Å². The highest BCUT2D eigenvalue weighted by atomic mass is 16.1. The Hall–Kier alpha value is -2.87. The van der Waals surface area contributed by atoms with Gasteiger partial charge in [-0.2, -0.15) is 0 Å². The third kappa shape index (κ3) is 3.72. The second-order valence-electron chi connectivity index (χ2n) is 6.09. The van der Waals surface area contributed by atoms with Crippen LogP contribution in [0.5, 0.6) is 0 Å². The molecule has 3 aromatic carbocycles. The van der Waals surface area contributed by atoms with Crippen molar-refractivity contribution >= 4 is 5.91 Å². The molecule has 2 heteroatoms. The van der Waals surface area contributed by atoms with Crippen LogP contribution in [0, 0.1) is 13.8 Å². The molecule has 0 saturated carbocycles. The van der Waals surface area contributed by atoms with Crippen LogP contribution in [0.15, 0.2) is 78.9 Å². The molecule has 0 aliphatic heterocycles. The number of aryl methyl sites for hydroxylation is 2. The van der Waals surface area contributed by atoms with Gasteiger partial charge in [0, 0.05) is 5.56 Å². The van der Waals surface area contributed by atoms with Crippen molar-refractivity contribution in [1.29, 1.82) is 0 Å². The number of rotatable bonds is 4. The van der Waals surface area contributed by atoms with E-state index >= 15 is 0 Å². The quantitative estimate of drug-likeness (QED) is 0.734. The van der Waals surface area contributed by atoms with E-state index in [2.05, 4.69) is 36.5 Å². The molecule has 0 saturated heterocycles. The zero-order valence-corrected chi connectivity index (χ0v) is 14.0. The molecule has 2 nitrogen and oxygen atoms in total. The Labute approximate surface area is 143 Å². The minimum Gasteiger partial charge on any atom is -0.341 e. The number of hydrogen-bond donors (Lipinski definition) is 1. The SMILES string of the molecule is Cc1ccc(C(=O)N[C@H](c2ccccc2)c2ccc(C)cc2)cc1. The van der Waals surface area contributed by atoms with Crippen molar-refractivity contribution in [2.45, 2.75) is 19.9 Å². The first-order chi connectivity index (χ1) is 11.6. The molecule has 0 radical (unpaired) electrons. The molecule has 1 atom stereocenters. The van der Waals surface area contributed by atoms with Gasteiger partial charge >= 0.3 is 0 Å². The van der Waals surface area contributed by atoms with Gasteiger partial charge in [-0.25, -0.2) is 0 Å². The number of carbonyl (C=O) groups is 1. The maximum Gasteiger partial charge on any atom is 0.252 e. The summed E-state index contributed by atoms with van der Waals surface area (Å²) < 4.78 is 0. The topological polar surface area (TPSA) is 29.1 Å². The van der Waals surface area contributed by atoms with Gasteiger partial charge in [0.2, 0.25) is 0 Å². The maximum absolute atomic E-state index is 12.7. The van der Waals surface area contributed by atoms with Gasteiger partial charge in [-0.05, 0) is 37.1 Å². The molecule has 24 heavy (non-hydrogen) atoms. The van der Waals surface area contributed by atoms with Crippen LogP contribution in [0.25, 0.3) is 0 Å². The molecule has 3 rings (SSSR count). The first kappa shape index (κ1) is 16.0. The zero-order valence-electron chi connectivity index (χ0n) is 14.0. The lowest BCUT2D eigenvalue weighted by atomic mass is 9.97. The Morgan fingerprint density at radius 3 is 1.79 bits per heavy atom. The number of carbonyl (C=O) groups excluding carboxylic acids is 1. The molecule has 0 unspecified atom stereocenters. The number of benzene rings is 3. The fourth-order valence-electron chi connectivity index (χ4n) is 2.68. The normalized spacial score (nSPS) is 11.8. The minimum atomic E-state index is -0.166. The minimum absolute atomic E-state index is 0.0653. The van der Waals surface area contributed by atoms with E-state index in [1.165, 1.54) is 5.56 Å². The zero-order chi connectivity index (χ0) is 16.9. The van der Waals surface area contributed by atoms with Crippen LogP contribution in [0.1, 0.15) is 38.7 Å². The van der Waals surface area contributed by atoms with Crippen molar-refractivity contribution in [3.05, 3.63) is 107 Å². The standard InChI is InChI=1S/C22H21NO/c1-16-8-12-19(13-9-16)21(18-6-4-3-5-7-18)23-22(24)20-14-10-17(2)11-15-20/h3-15,21H,1-2H3,(H,23,24)/t21-/m1/s1. The lowest BCUT2D eigenvalue weighted by Gasteiger charge is -2.20. The van der Waals surface area contributed by atoms with Gasteiger partial charge in [-0.15, -0.1) is 0 Å². The smallest absolute Gasteiger partial charge is 0.252 e. The monoisotopic (exact) mass is 315 g/mol. The van der Waals surface area contributed by atoms with Crippen LogP contribution < -0.4 is 5.32 Å². The molecular weight excluding hydrogens is 294 g/mol. The Morgan fingerprint density at radius 1 is 0.708 bits per heavy atom. The van der Waals surface area contributed by atoms with Crippen molar-refractivity contribution in [2.24, 2.45) is 0 Å². The molecule has 0 aromatic heterocycles. The Bertz CT molecular complexity index is 805. The average Bonchev–Trinajstić information content (AvgIpc) is 2.62. The van der Waals surface area contributed by atoms with Crippen LogP contribution in [-0.2, 0) is 0 Å². The van der Waals surface area contributed by atoms with E-state index in [-0.39, 0.29) is 11.9 Å². The predicted octanol–water partition coefficient (Wildman–Crippen LogP) is 4.82. The van der Waals surface area contributed by atoms with Gasteiger partial charge in [0.25, 0.3) is 5.91 Å². The first-order valence-corrected chi connectivity index (χ1v) is 8.12. The predicted molar refractivity (Wildman–Crippen MR) is 98.1 cm³/mol. The largest absolute Gasteiger partial charge is 0.341 e. The summed E-state index contributed by atoms with van der Waals surface area (Å²) >= 11 is 0. The van der Waals surface area contributed by atoms with Crippen molar-refractivity contribution < 1.29 is 4.79 Å². The maximum atomic E-state index is 12.7. The number of nitrogens with one attached hydrogen (secondary N) is 1. The number of amides is 1. The summed E-state index contributed by atoms with van der Waals surface area (Å²) in [6.45, 7) is 4.08. The highest BCUT2D eigenvalue weighted by Gasteiger charge is 2.17. The second-order valence-corrected chi connectivity index (χ2v) is 6.09. The molecule has 0 spiro atoms. The van der Waals surface area contributed by atoms with E-state index in [0.29, 0.717) is 5.56 Å². The van der Waals surface area contributed by atoms with Crippen molar-refractivity contribution in [3.63, 3.8) is 0 Å².